The second kappa shape index (κ2) is 6.12. The third-order valence-electron chi connectivity index (χ3n) is 3.70. The second-order valence-electron chi connectivity index (χ2n) is 5.29. The summed E-state index contributed by atoms with van der Waals surface area (Å²) in [6.07, 6.45) is 0.306. The van der Waals surface area contributed by atoms with E-state index in [2.05, 4.69) is 0 Å². The lowest BCUT2D eigenvalue weighted by Crippen LogP contribution is -2.47. The molecule has 5 nitrogen and oxygen atoms in total. The predicted octanol–water partition coefficient (Wildman–Crippen LogP) is 1.90. The van der Waals surface area contributed by atoms with Crippen LogP contribution in [0.5, 0.6) is 11.5 Å². The molecule has 0 aromatic heterocycles. The molecular formula is C15H18ClNO4. The van der Waals surface area contributed by atoms with Gasteiger partial charge in [-0.3, -0.25) is 4.79 Å². The Kier molecular flexibility index (Phi) is 4.22. The van der Waals surface area contributed by atoms with Crippen LogP contribution in [0.3, 0.4) is 0 Å². The van der Waals surface area contributed by atoms with Crippen molar-refractivity contribution in [1.82, 2.24) is 4.90 Å². The van der Waals surface area contributed by atoms with E-state index >= 15 is 0 Å². The summed E-state index contributed by atoms with van der Waals surface area (Å²) < 4.78 is 16.4. The largest absolute Gasteiger partial charge is 0.486 e. The van der Waals surface area contributed by atoms with Crippen molar-refractivity contribution in [1.29, 1.82) is 0 Å². The number of morpholine rings is 1. The highest BCUT2D eigenvalue weighted by atomic mass is 35.5. The van der Waals surface area contributed by atoms with Gasteiger partial charge in [-0.1, -0.05) is 11.6 Å². The van der Waals surface area contributed by atoms with Crippen LogP contribution in [0.25, 0.3) is 0 Å². The van der Waals surface area contributed by atoms with Crippen molar-refractivity contribution in [3.8, 4) is 11.5 Å². The molecule has 0 N–H and O–H groups in total. The minimum absolute atomic E-state index is 0.0820. The molecule has 1 unspecified atom stereocenters. The summed E-state index contributed by atoms with van der Waals surface area (Å²) in [5, 5.41) is 0.491. The number of nitrogens with zero attached hydrogens (tertiary/aromatic N) is 1. The Balaban J connectivity index is 1.75. The molecule has 0 bridgehead atoms. The van der Waals surface area contributed by atoms with Gasteiger partial charge in [-0.05, 0) is 24.6 Å². The summed E-state index contributed by atoms with van der Waals surface area (Å²) in [7, 11) is 0. The Bertz CT molecular complexity index is 549. The van der Waals surface area contributed by atoms with Crippen molar-refractivity contribution in [3.05, 3.63) is 22.7 Å². The average molecular weight is 312 g/mol. The van der Waals surface area contributed by atoms with Crippen LogP contribution >= 0.6 is 11.6 Å². The van der Waals surface area contributed by atoms with Crippen LogP contribution in [0.2, 0.25) is 5.02 Å². The van der Waals surface area contributed by atoms with E-state index in [0.717, 1.165) is 5.56 Å². The lowest BCUT2D eigenvalue weighted by molar-refractivity contribution is -0.138. The fraction of sp³-hybridized carbons (Fsp3) is 0.533. The molecule has 2 aliphatic heterocycles. The van der Waals surface area contributed by atoms with Gasteiger partial charge in [0.15, 0.2) is 11.5 Å². The van der Waals surface area contributed by atoms with Gasteiger partial charge >= 0.3 is 0 Å². The molecule has 1 saturated heterocycles. The monoisotopic (exact) mass is 311 g/mol. The smallest absolute Gasteiger partial charge is 0.227 e. The van der Waals surface area contributed by atoms with E-state index in [0.29, 0.717) is 55.9 Å². The molecule has 1 aromatic carbocycles. The van der Waals surface area contributed by atoms with Crippen LogP contribution in [0.4, 0.5) is 0 Å². The zero-order chi connectivity index (χ0) is 14.8. The van der Waals surface area contributed by atoms with E-state index in [1.807, 2.05) is 17.9 Å². The minimum atomic E-state index is 0.0820. The van der Waals surface area contributed by atoms with Gasteiger partial charge < -0.3 is 19.1 Å². The maximum absolute atomic E-state index is 12.4. The Hall–Kier alpha value is -1.46. The van der Waals surface area contributed by atoms with E-state index < -0.39 is 0 Å². The minimum Gasteiger partial charge on any atom is -0.486 e. The van der Waals surface area contributed by atoms with Gasteiger partial charge in [-0.2, -0.15) is 0 Å². The van der Waals surface area contributed by atoms with Crippen molar-refractivity contribution >= 4 is 17.5 Å². The molecule has 3 rings (SSSR count). The third-order valence-corrected chi connectivity index (χ3v) is 3.98. The highest BCUT2D eigenvalue weighted by Gasteiger charge is 2.25. The Morgan fingerprint density at radius 1 is 1.33 bits per heavy atom. The molecule has 6 heteroatoms. The molecule has 2 heterocycles. The van der Waals surface area contributed by atoms with E-state index in [1.54, 1.807) is 6.07 Å². The number of ether oxygens (including phenoxy) is 3. The number of carbonyl (C=O) groups excluding carboxylic acids is 1. The molecule has 0 spiro atoms. The summed E-state index contributed by atoms with van der Waals surface area (Å²) in [5.41, 5.74) is 0.841. The quantitative estimate of drug-likeness (QED) is 0.837. The molecular weight excluding hydrogens is 294 g/mol. The Labute approximate surface area is 128 Å². The fourth-order valence-electron chi connectivity index (χ4n) is 2.64. The SMILES string of the molecule is CC1COCCN1C(=O)Cc1cc(Cl)c2c(c1)OCCO2. The molecule has 1 atom stereocenters. The van der Waals surface area contributed by atoms with Crippen LogP contribution in [0, 0.1) is 0 Å². The van der Waals surface area contributed by atoms with E-state index in [-0.39, 0.29) is 11.9 Å². The van der Waals surface area contributed by atoms with Gasteiger partial charge in [0.25, 0.3) is 0 Å². The molecule has 1 amide bonds. The van der Waals surface area contributed by atoms with Crippen molar-refractivity contribution in [2.45, 2.75) is 19.4 Å². The average Bonchev–Trinajstić information content (AvgIpc) is 2.47. The summed E-state index contributed by atoms with van der Waals surface area (Å²) in [6, 6.07) is 3.72. The van der Waals surface area contributed by atoms with Crippen LogP contribution in [-0.4, -0.2) is 49.8 Å². The first kappa shape index (κ1) is 14.5. The standard InChI is InChI=1S/C15H18ClNO4/c1-10-9-19-3-2-17(10)14(18)8-11-6-12(16)15-13(7-11)20-4-5-21-15/h6-7,10H,2-5,8-9H2,1H3. The van der Waals surface area contributed by atoms with E-state index in [1.165, 1.54) is 0 Å². The van der Waals surface area contributed by atoms with Crippen LogP contribution in [0.1, 0.15) is 12.5 Å². The number of amides is 1. The van der Waals surface area contributed by atoms with E-state index in [9.17, 15) is 4.79 Å². The maximum atomic E-state index is 12.4. The summed E-state index contributed by atoms with van der Waals surface area (Å²) in [6.45, 7) is 4.81. The number of rotatable bonds is 2. The van der Waals surface area contributed by atoms with Crippen molar-refractivity contribution in [2.75, 3.05) is 33.0 Å². The first-order valence-corrected chi connectivity index (χ1v) is 7.48. The molecule has 1 aromatic rings. The number of carbonyl (C=O) groups is 1. The summed E-state index contributed by atoms with van der Waals surface area (Å²) in [4.78, 5) is 14.3. The summed E-state index contributed by atoms with van der Waals surface area (Å²) in [5.74, 6) is 1.27. The second-order valence-corrected chi connectivity index (χ2v) is 5.70. The molecule has 0 radical (unpaired) electrons. The van der Waals surface area contributed by atoms with Crippen molar-refractivity contribution in [2.24, 2.45) is 0 Å². The number of benzene rings is 1. The predicted molar refractivity (Wildman–Crippen MR) is 78.1 cm³/mol. The normalized spacial score (nSPS) is 21.2. The van der Waals surface area contributed by atoms with Gasteiger partial charge in [0.05, 0.1) is 30.7 Å². The lowest BCUT2D eigenvalue weighted by atomic mass is 10.1. The van der Waals surface area contributed by atoms with Crippen molar-refractivity contribution in [3.63, 3.8) is 0 Å². The van der Waals surface area contributed by atoms with Crippen LogP contribution in [0.15, 0.2) is 12.1 Å². The molecule has 1 fully saturated rings. The Morgan fingerprint density at radius 2 is 2.14 bits per heavy atom. The van der Waals surface area contributed by atoms with Crippen LogP contribution in [-0.2, 0) is 16.0 Å². The maximum Gasteiger partial charge on any atom is 0.227 e. The topological polar surface area (TPSA) is 48.0 Å². The van der Waals surface area contributed by atoms with Gasteiger partial charge in [-0.25, -0.2) is 0 Å². The van der Waals surface area contributed by atoms with Gasteiger partial charge in [0.1, 0.15) is 13.2 Å². The zero-order valence-corrected chi connectivity index (χ0v) is 12.7. The fourth-order valence-corrected chi connectivity index (χ4v) is 2.93. The van der Waals surface area contributed by atoms with Crippen molar-refractivity contribution < 1.29 is 19.0 Å². The lowest BCUT2D eigenvalue weighted by Gasteiger charge is -2.33. The number of hydrogen-bond acceptors (Lipinski definition) is 4. The molecule has 2 aliphatic rings. The number of hydrogen-bond donors (Lipinski definition) is 0. The molecule has 0 saturated carbocycles. The number of fused-ring (bicyclic) bond motifs is 1. The summed E-state index contributed by atoms with van der Waals surface area (Å²) >= 11 is 6.20. The molecule has 21 heavy (non-hydrogen) atoms. The first-order valence-electron chi connectivity index (χ1n) is 7.10. The van der Waals surface area contributed by atoms with Gasteiger partial charge in [0.2, 0.25) is 5.91 Å². The highest BCUT2D eigenvalue weighted by Crippen LogP contribution is 2.38. The first-order chi connectivity index (χ1) is 10.1. The van der Waals surface area contributed by atoms with Gasteiger partial charge in [-0.15, -0.1) is 0 Å². The number of halogens is 1. The van der Waals surface area contributed by atoms with Crippen LogP contribution < -0.4 is 9.47 Å². The van der Waals surface area contributed by atoms with Gasteiger partial charge in [0, 0.05) is 6.54 Å². The van der Waals surface area contributed by atoms with E-state index in [4.69, 9.17) is 25.8 Å². The third kappa shape index (κ3) is 3.09. The zero-order valence-electron chi connectivity index (χ0n) is 11.9. The Morgan fingerprint density at radius 3 is 2.95 bits per heavy atom. The molecule has 0 aliphatic carbocycles. The highest BCUT2D eigenvalue weighted by molar-refractivity contribution is 6.32. The molecule has 114 valence electrons.